The van der Waals surface area contributed by atoms with Gasteiger partial charge in [0.05, 0.1) is 24.8 Å². The van der Waals surface area contributed by atoms with Crippen LogP contribution in [0, 0.1) is 0 Å². The monoisotopic (exact) mass is 489 g/mol. The van der Waals surface area contributed by atoms with E-state index in [0.29, 0.717) is 57.5 Å². The smallest absolute Gasteiger partial charge is 0.378 e. The number of amides is 2. The Morgan fingerprint density at radius 2 is 1.76 bits per heavy atom. The number of piperidine rings is 1. The number of alkyl halides is 3. The number of urea groups is 1. The number of nitrogens with zero attached hydrogens (tertiary/aromatic N) is 4. The number of carbonyl (C=O) groups is 1. The summed E-state index contributed by atoms with van der Waals surface area (Å²) in [4.78, 5) is 21.0. The van der Waals surface area contributed by atoms with Gasteiger partial charge >= 0.3 is 12.2 Å². The van der Waals surface area contributed by atoms with Gasteiger partial charge in [-0.25, -0.2) is 4.79 Å². The van der Waals surface area contributed by atoms with Crippen molar-refractivity contribution in [3.63, 3.8) is 0 Å². The van der Waals surface area contributed by atoms with Crippen LogP contribution in [0.4, 0.5) is 18.0 Å². The van der Waals surface area contributed by atoms with Crippen molar-refractivity contribution in [3.8, 4) is 0 Å². The molecule has 33 heavy (non-hydrogen) atoms. The van der Waals surface area contributed by atoms with Crippen LogP contribution < -0.4 is 5.73 Å². The molecule has 0 aliphatic carbocycles. The molecule has 2 aromatic rings. The average molecular weight is 490 g/mol. The maximum atomic E-state index is 13.2. The molecule has 12 heteroatoms. The molecular formula is C21H27ClF3N5O3. The molecule has 2 fully saturated rings. The molecule has 1 aromatic heterocycles. The third-order valence-corrected chi connectivity index (χ3v) is 5.92. The Bertz CT molecular complexity index is 932. The molecule has 2 amide bonds. The van der Waals surface area contributed by atoms with Crippen molar-refractivity contribution in [1.29, 1.82) is 0 Å². The summed E-state index contributed by atoms with van der Waals surface area (Å²) in [6, 6.07) is 4.58. The number of benzene rings is 1. The Labute approximate surface area is 195 Å². The number of ether oxygens (including phenoxy) is 1. The zero-order valence-corrected chi connectivity index (χ0v) is 18.9. The zero-order valence-electron chi connectivity index (χ0n) is 18.1. The molecule has 182 valence electrons. The Hall–Kier alpha value is -2.37. The van der Waals surface area contributed by atoms with E-state index in [4.69, 9.17) is 15.0 Å². The second-order valence-corrected chi connectivity index (χ2v) is 8.32. The van der Waals surface area contributed by atoms with Crippen molar-refractivity contribution in [1.82, 2.24) is 19.9 Å². The van der Waals surface area contributed by atoms with Gasteiger partial charge in [0.2, 0.25) is 5.89 Å². The Kier molecular flexibility index (Phi) is 7.86. The van der Waals surface area contributed by atoms with E-state index in [9.17, 15) is 18.0 Å². The van der Waals surface area contributed by atoms with E-state index < -0.39 is 17.8 Å². The van der Waals surface area contributed by atoms with Gasteiger partial charge in [0.25, 0.3) is 0 Å². The van der Waals surface area contributed by atoms with Crippen molar-refractivity contribution < 1.29 is 27.2 Å². The summed E-state index contributed by atoms with van der Waals surface area (Å²) in [7, 11) is 0. The number of morpholine rings is 1. The standard InChI is InChI=1S/C21H26F3N5O3.ClH/c1-13(25)19-26-18(27-32-19)16-10-15(14-2-4-17(5-3-14)21(22,23)24)11-29(12-16)20(30)28-6-8-31-9-7-28;/h2-5,13,15-16H,6-12,25H2,1H3;1H/t13-,15?,16?;/m0./s1. The highest BCUT2D eigenvalue weighted by atomic mass is 35.5. The summed E-state index contributed by atoms with van der Waals surface area (Å²) in [6.07, 6.45) is -3.82. The van der Waals surface area contributed by atoms with Crippen LogP contribution in [-0.2, 0) is 10.9 Å². The summed E-state index contributed by atoms with van der Waals surface area (Å²) in [5, 5.41) is 4.06. The Morgan fingerprint density at radius 3 is 2.33 bits per heavy atom. The molecular weight excluding hydrogens is 463 g/mol. The van der Waals surface area contributed by atoms with Crippen LogP contribution >= 0.6 is 12.4 Å². The molecule has 1 aromatic carbocycles. The second kappa shape index (κ2) is 10.3. The number of hydrogen-bond donors (Lipinski definition) is 1. The van der Waals surface area contributed by atoms with Gasteiger partial charge in [-0.2, -0.15) is 18.2 Å². The predicted octanol–water partition coefficient (Wildman–Crippen LogP) is 3.56. The fraction of sp³-hybridized carbons (Fsp3) is 0.571. The molecule has 8 nitrogen and oxygen atoms in total. The van der Waals surface area contributed by atoms with Crippen molar-refractivity contribution in [2.45, 2.75) is 37.4 Å². The van der Waals surface area contributed by atoms with E-state index in [-0.39, 0.29) is 30.3 Å². The summed E-state index contributed by atoms with van der Waals surface area (Å²) < 4.78 is 49.5. The lowest BCUT2D eigenvalue weighted by atomic mass is 9.84. The summed E-state index contributed by atoms with van der Waals surface area (Å²) >= 11 is 0. The first-order chi connectivity index (χ1) is 15.2. The van der Waals surface area contributed by atoms with E-state index in [1.807, 2.05) is 0 Å². The molecule has 2 aliphatic heterocycles. The van der Waals surface area contributed by atoms with Crippen LogP contribution in [0.15, 0.2) is 28.8 Å². The first kappa shape index (κ1) is 25.3. The third-order valence-electron chi connectivity index (χ3n) is 5.92. The average Bonchev–Trinajstić information content (AvgIpc) is 3.29. The lowest BCUT2D eigenvalue weighted by Gasteiger charge is -2.40. The maximum Gasteiger partial charge on any atom is 0.416 e. The molecule has 0 radical (unpaired) electrons. The van der Waals surface area contributed by atoms with Crippen molar-refractivity contribution in [2.75, 3.05) is 39.4 Å². The zero-order chi connectivity index (χ0) is 22.9. The molecule has 0 saturated carbocycles. The molecule has 0 bridgehead atoms. The number of hydrogen-bond acceptors (Lipinski definition) is 6. The van der Waals surface area contributed by atoms with Gasteiger partial charge in [0.1, 0.15) is 0 Å². The topological polar surface area (TPSA) is 97.7 Å². The number of halogens is 4. The van der Waals surface area contributed by atoms with Gasteiger partial charge < -0.3 is 24.8 Å². The largest absolute Gasteiger partial charge is 0.416 e. The van der Waals surface area contributed by atoms with Gasteiger partial charge in [-0.15, -0.1) is 12.4 Å². The van der Waals surface area contributed by atoms with Crippen LogP contribution in [0.2, 0.25) is 0 Å². The van der Waals surface area contributed by atoms with Gasteiger partial charge in [0, 0.05) is 38.0 Å². The lowest BCUT2D eigenvalue weighted by molar-refractivity contribution is -0.137. The van der Waals surface area contributed by atoms with Crippen molar-refractivity contribution in [3.05, 3.63) is 47.1 Å². The summed E-state index contributed by atoms with van der Waals surface area (Å²) in [5.74, 6) is 0.368. The first-order valence-corrected chi connectivity index (χ1v) is 10.6. The van der Waals surface area contributed by atoms with Gasteiger partial charge in [0.15, 0.2) is 5.82 Å². The number of likely N-dealkylation sites (tertiary alicyclic amines) is 1. The Balaban J connectivity index is 0.00000306. The predicted molar refractivity (Wildman–Crippen MR) is 115 cm³/mol. The molecule has 2 N–H and O–H groups in total. The Morgan fingerprint density at radius 1 is 1.12 bits per heavy atom. The van der Waals surface area contributed by atoms with Crippen LogP contribution in [0.1, 0.15) is 54.1 Å². The maximum absolute atomic E-state index is 13.2. The van der Waals surface area contributed by atoms with Crippen LogP contribution in [0.5, 0.6) is 0 Å². The highest BCUT2D eigenvalue weighted by molar-refractivity contribution is 5.85. The molecule has 4 rings (SSSR count). The molecule has 3 atom stereocenters. The molecule has 3 heterocycles. The van der Waals surface area contributed by atoms with Gasteiger partial charge in [-0.1, -0.05) is 17.3 Å². The normalized spacial score (nSPS) is 22.6. The van der Waals surface area contributed by atoms with Crippen LogP contribution in [0.25, 0.3) is 0 Å². The van der Waals surface area contributed by atoms with E-state index in [1.165, 1.54) is 12.1 Å². The van der Waals surface area contributed by atoms with Crippen molar-refractivity contribution >= 4 is 18.4 Å². The highest BCUT2D eigenvalue weighted by Gasteiger charge is 2.37. The van der Waals surface area contributed by atoms with E-state index >= 15 is 0 Å². The SMILES string of the molecule is C[C@H](N)c1nc(C2CC(c3ccc(C(F)(F)F)cc3)CN(C(=O)N3CCOCC3)C2)no1.Cl. The number of nitrogens with two attached hydrogens (primary N) is 1. The third kappa shape index (κ3) is 5.77. The molecule has 2 unspecified atom stereocenters. The summed E-state index contributed by atoms with van der Waals surface area (Å²) in [5.41, 5.74) is 5.86. The first-order valence-electron chi connectivity index (χ1n) is 10.6. The minimum atomic E-state index is -4.40. The fourth-order valence-corrected chi connectivity index (χ4v) is 4.18. The second-order valence-electron chi connectivity index (χ2n) is 8.32. The number of rotatable bonds is 3. The molecule has 0 spiro atoms. The molecule has 2 aliphatic rings. The van der Waals surface area contributed by atoms with Gasteiger partial charge in [-0.05, 0) is 31.0 Å². The quantitative estimate of drug-likeness (QED) is 0.708. The van der Waals surface area contributed by atoms with Gasteiger partial charge in [-0.3, -0.25) is 0 Å². The number of carbonyl (C=O) groups excluding carboxylic acids is 1. The van der Waals surface area contributed by atoms with E-state index in [1.54, 1.807) is 16.7 Å². The highest BCUT2D eigenvalue weighted by Crippen LogP contribution is 2.37. The lowest BCUT2D eigenvalue weighted by Crippen LogP contribution is -2.52. The van der Waals surface area contributed by atoms with E-state index in [2.05, 4.69) is 10.1 Å². The van der Waals surface area contributed by atoms with Crippen molar-refractivity contribution in [2.24, 2.45) is 5.73 Å². The van der Waals surface area contributed by atoms with Crippen LogP contribution in [0.3, 0.4) is 0 Å². The minimum Gasteiger partial charge on any atom is -0.378 e. The van der Waals surface area contributed by atoms with E-state index in [0.717, 1.165) is 17.7 Å². The fourth-order valence-electron chi connectivity index (χ4n) is 4.18. The minimum absolute atomic E-state index is 0. The number of aromatic nitrogens is 2. The molecule has 2 saturated heterocycles. The van der Waals surface area contributed by atoms with Crippen LogP contribution in [-0.4, -0.2) is 65.4 Å². The summed E-state index contributed by atoms with van der Waals surface area (Å²) in [6.45, 7) is 4.49.